The van der Waals surface area contributed by atoms with Gasteiger partial charge in [0.05, 0.1) is 39.6 Å². The van der Waals surface area contributed by atoms with E-state index in [0.29, 0.717) is 6.42 Å². The molecular weight excluding hydrogens is 525 g/mol. The molecule has 0 heterocycles. The molecule has 0 radical (unpaired) electrons. The van der Waals surface area contributed by atoms with Crippen LogP contribution in [-0.2, 0) is 42.2 Å². The summed E-state index contributed by atoms with van der Waals surface area (Å²) in [5, 5.41) is 0. The Morgan fingerprint density at radius 1 is 0.737 bits per heavy atom. The van der Waals surface area contributed by atoms with Gasteiger partial charge >= 0.3 is 32.0 Å². The highest BCUT2D eigenvalue weighted by Gasteiger charge is 2.36. The van der Waals surface area contributed by atoms with Crippen LogP contribution in [0.5, 0.6) is 0 Å². The van der Waals surface area contributed by atoms with Gasteiger partial charge in [0.25, 0.3) is 0 Å². The van der Waals surface area contributed by atoms with Crippen LogP contribution in [0.4, 0.5) is 9.59 Å². The molecule has 0 saturated heterocycles. The average Bonchev–Trinajstić information content (AvgIpc) is 2.83. The van der Waals surface area contributed by atoms with Gasteiger partial charge in [-0.1, -0.05) is 38.3 Å². The van der Waals surface area contributed by atoms with Gasteiger partial charge in [-0.3, -0.25) is 13.9 Å². The second-order valence-corrected chi connectivity index (χ2v) is 9.96. The smallest absolute Gasteiger partial charge is 0.434 e. The first-order chi connectivity index (χ1) is 18.0. The van der Waals surface area contributed by atoms with Gasteiger partial charge < -0.3 is 24.7 Å². The van der Waals surface area contributed by atoms with Crippen LogP contribution >= 0.6 is 7.75 Å². The summed E-state index contributed by atoms with van der Waals surface area (Å²) in [6, 6.07) is 0. The number of unbranched alkanes of at least 4 members (excludes halogenated alkanes) is 2. The van der Waals surface area contributed by atoms with Crippen molar-refractivity contribution in [3.8, 4) is 0 Å². The van der Waals surface area contributed by atoms with E-state index in [-0.39, 0.29) is 65.0 Å². The van der Waals surface area contributed by atoms with Gasteiger partial charge in [0, 0.05) is 19.8 Å². The van der Waals surface area contributed by atoms with E-state index in [4.69, 9.17) is 38.6 Å². The second-order valence-electron chi connectivity index (χ2n) is 8.31. The predicted molar refractivity (Wildman–Crippen MR) is 138 cm³/mol. The van der Waals surface area contributed by atoms with Crippen molar-refractivity contribution in [2.75, 3.05) is 53.2 Å². The number of nitrogens with zero attached hydrogens (tertiary/aromatic N) is 2. The van der Waals surface area contributed by atoms with E-state index in [1.807, 2.05) is 20.8 Å². The van der Waals surface area contributed by atoms with Crippen molar-refractivity contribution in [2.45, 2.75) is 72.6 Å². The number of carbonyl (C=O) groups excluding carboxylic acids is 3. The van der Waals surface area contributed by atoms with E-state index in [0.717, 1.165) is 25.7 Å². The summed E-state index contributed by atoms with van der Waals surface area (Å²) in [5.74, 6) is -0.904. The Labute approximate surface area is 225 Å². The molecule has 222 valence electrons. The van der Waals surface area contributed by atoms with Gasteiger partial charge in [-0.15, -0.1) is 4.76 Å². The van der Waals surface area contributed by atoms with Crippen LogP contribution < -0.4 is 5.73 Å². The van der Waals surface area contributed by atoms with E-state index >= 15 is 0 Å². The van der Waals surface area contributed by atoms with E-state index in [1.165, 1.54) is 14.0 Å². The monoisotopic (exact) mass is 570 g/mol. The zero-order chi connectivity index (χ0) is 28.9. The van der Waals surface area contributed by atoms with Crippen LogP contribution in [0.25, 0.3) is 0 Å². The molecule has 0 saturated carbocycles. The minimum Gasteiger partial charge on any atom is -0.434 e. The third-order valence-corrected chi connectivity index (χ3v) is 6.12. The fraction of sp³-hybridized carbons (Fsp3) is 0.826. The van der Waals surface area contributed by atoms with Crippen molar-refractivity contribution in [2.24, 2.45) is 10.5 Å². The summed E-state index contributed by atoms with van der Waals surface area (Å²) < 4.78 is 47.2. The summed E-state index contributed by atoms with van der Waals surface area (Å²) in [6.07, 6.45) is 2.52. The Morgan fingerprint density at radius 2 is 1.16 bits per heavy atom. The highest BCUT2D eigenvalue weighted by Crippen LogP contribution is 2.50. The van der Waals surface area contributed by atoms with Crippen LogP contribution in [0.2, 0.25) is 0 Å². The third kappa shape index (κ3) is 17.2. The average molecular weight is 571 g/mol. The first-order valence-corrected chi connectivity index (χ1v) is 14.4. The number of ether oxygens (including phenoxy) is 4. The fourth-order valence-corrected chi connectivity index (χ4v) is 4.05. The van der Waals surface area contributed by atoms with Gasteiger partial charge in [-0.2, -0.15) is 0 Å². The van der Waals surface area contributed by atoms with Gasteiger partial charge in [-0.25, -0.2) is 18.9 Å². The highest BCUT2D eigenvalue weighted by molar-refractivity contribution is 7.52. The fourth-order valence-electron chi connectivity index (χ4n) is 2.70. The summed E-state index contributed by atoms with van der Waals surface area (Å²) in [4.78, 5) is 39.9. The van der Waals surface area contributed by atoms with Gasteiger partial charge in [0.1, 0.15) is 13.6 Å². The number of quaternary nitrogens is 1. The van der Waals surface area contributed by atoms with Crippen molar-refractivity contribution in [3.05, 3.63) is 0 Å². The lowest BCUT2D eigenvalue weighted by atomic mass is 10.4. The third-order valence-electron chi connectivity index (χ3n) is 4.65. The number of hydrogen-bond donors (Lipinski definition) is 1. The summed E-state index contributed by atoms with van der Waals surface area (Å²) in [7, 11) is -2.71. The van der Waals surface area contributed by atoms with Crippen LogP contribution in [0.3, 0.4) is 0 Å². The molecule has 1 atom stereocenters. The number of rotatable bonds is 19. The molecule has 2 N–H and O–H groups in total. The lowest BCUT2D eigenvalue weighted by Crippen LogP contribution is -2.54. The second kappa shape index (κ2) is 20.5. The minimum atomic E-state index is -4.20. The number of carbonyl (C=O) groups is 3. The lowest BCUT2D eigenvalue weighted by Gasteiger charge is -2.28. The Morgan fingerprint density at radius 3 is 1.53 bits per heavy atom. The van der Waals surface area contributed by atoms with Crippen molar-refractivity contribution < 1.29 is 56.4 Å². The van der Waals surface area contributed by atoms with Crippen LogP contribution in [0, 0.1) is 0 Å². The number of hydrogen-bond acceptors (Lipinski definition) is 11. The maximum atomic E-state index is 13.4. The first kappa shape index (κ1) is 35.6. The number of hydroxylamine groups is 3. The van der Waals surface area contributed by atoms with Crippen molar-refractivity contribution in [3.63, 3.8) is 0 Å². The summed E-state index contributed by atoms with van der Waals surface area (Å²) in [6.45, 7) is 7.39. The molecule has 0 aliphatic rings. The largest absolute Gasteiger partial charge is 0.508 e. The molecular formula is C23H45N3O11P+. The first-order valence-electron chi connectivity index (χ1n) is 12.9. The zero-order valence-corrected chi connectivity index (χ0v) is 24.2. The molecule has 0 amide bonds. The molecule has 0 bridgehead atoms. The maximum absolute atomic E-state index is 13.4. The van der Waals surface area contributed by atoms with Crippen molar-refractivity contribution in [1.29, 1.82) is 0 Å². The van der Waals surface area contributed by atoms with Crippen LogP contribution in [0.15, 0.2) is 4.76 Å². The van der Waals surface area contributed by atoms with E-state index in [1.54, 1.807) is 0 Å². The Kier molecular flexibility index (Phi) is 19.2. The summed E-state index contributed by atoms with van der Waals surface area (Å²) >= 11 is 0. The van der Waals surface area contributed by atoms with Gasteiger partial charge in [-0.05, 0) is 19.3 Å². The molecule has 0 aliphatic carbocycles. The van der Waals surface area contributed by atoms with Crippen molar-refractivity contribution in [1.82, 2.24) is 0 Å². The molecule has 0 aliphatic heterocycles. The Balaban J connectivity index is 5.08. The molecule has 0 spiro atoms. The van der Waals surface area contributed by atoms with Gasteiger partial charge in [0.2, 0.25) is 0 Å². The zero-order valence-electron chi connectivity index (χ0n) is 23.3. The van der Waals surface area contributed by atoms with E-state index in [2.05, 4.69) is 4.76 Å². The number of guanidine groups is 1. The molecule has 1 unspecified atom stereocenters. The van der Waals surface area contributed by atoms with Gasteiger partial charge in [0.15, 0.2) is 0 Å². The maximum Gasteiger partial charge on any atom is 0.508 e. The quantitative estimate of drug-likeness (QED) is 0.0440. The van der Waals surface area contributed by atoms with Crippen LogP contribution in [-0.4, -0.2) is 82.1 Å². The number of nitrogens with two attached hydrogens (primary N) is 1. The van der Waals surface area contributed by atoms with Crippen molar-refractivity contribution >= 4 is 32.0 Å². The normalized spacial score (nSPS) is 13.3. The topological polar surface area (TPSA) is 171 Å². The molecule has 0 aromatic carbocycles. The molecule has 0 aromatic heterocycles. The molecule has 0 fully saturated rings. The molecule has 14 nitrogen and oxygen atoms in total. The molecule has 15 heteroatoms. The Hall–Kier alpha value is -2.41. The minimum absolute atomic E-state index is 0.0464. The Bertz CT molecular complexity index is 746. The van der Waals surface area contributed by atoms with E-state index < -0.39 is 30.7 Å². The standard InChI is InChI=1S/C23H45N3O11P/c1-6-9-14-31-22(28)33-16-11-18-35-38(30,25-21(24)26(5,13-8-3)37-20(4)27)36-19-12-17-34-23(29)32-15-10-7-2/h6-19H2,1-5H3,(H2,24,25,30)/q+1. The summed E-state index contributed by atoms with van der Waals surface area (Å²) in [5.41, 5.74) is 6.07. The highest BCUT2D eigenvalue weighted by atomic mass is 31.2. The molecule has 38 heavy (non-hydrogen) atoms. The molecule has 0 rings (SSSR count). The SMILES string of the molecule is CCCCOC(=O)OCCCOP(=O)(N=C(N)[N+](C)(CCC)OC(C)=O)OCCCOC(=O)OCCCC. The van der Waals surface area contributed by atoms with Crippen LogP contribution in [0.1, 0.15) is 72.6 Å². The predicted octanol–water partition coefficient (Wildman–Crippen LogP) is 4.46. The van der Waals surface area contributed by atoms with E-state index in [9.17, 15) is 18.9 Å². The molecule has 0 aromatic rings. The lowest BCUT2D eigenvalue weighted by molar-refractivity contribution is -1.00.